The van der Waals surface area contributed by atoms with Crippen molar-refractivity contribution < 1.29 is 23.8 Å². The van der Waals surface area contributed by atoms with E-state index in [0.717, 1.165) is 19.3 Å². The van der Waals surface area contributed by atoms with E-state index in [1.54, 1.807) is 7.11 Å². The number of unbranched alkanes of at least 4 members (excludes halogenated alkanes) is 1. The van der Waals surface area contributed by atoms with Crippen LogP contribution in [0.3, 0.4) is 0 Å². The van der Waals surface area contributed by atoms with Crippen molar-refractivity contribution in [2.75, 3.05) is 20.3 Å². The largest absolute Gasteiger partial charge is 0.444 e. The number of hydrogen-bond acceptors (Lipinski definition) is 5. The van der Waals surface area contributed by atoms with Crippen molar-refractivity contribution in [1.29, 1.82) is 0 Å². The number of alkyl carbamates (subject to hydrolysis) is 2. The third-order valence-corrected chi connectivity index (χ3v) is 2.74. The highest BCUT2D eigenvalue weighted by atomic mass is 16.6. The third kappa shape index (κ3) is 14.1. The maximum absolute atomic E-state index is 11.8. The van der Waals surface area contributed by atoms with E-state index < -0.39 is 23.4 Å². The first-order chi connectivity index (χ1) is 10.9. The number of amides is 2. The summed E-state index contributed by atoms with van der Waals surface area (Å²) in [4.78, 5) is 23.3. The van der Waals surface area contributed by atoms with E-state index in [1.807, 2.05) is 41.5 Å². The van der Waals surface area contributed by atoms with Crippen molar-refractivity contribution in [3.05, 3.63) is 0 Å². The van der Waals surface area contributed by atoms with E-state index in [9.17, 15) is 9.59 Å². The van der Waals surface area contributed by atoms with Crippen molar-refractivity contribution in [2.24, 2.45) is 0 Å². The van der Waals surface area contributed by atoms with Gasteiger partial charge in [0, 0.05) is 13.7 Å². The number of nitrogens with one attached hydrogen (secondary N) is 2. The van der Waals surface area contributed by atoms with Gasteiger partial charge in [-0.2, -0.15) is 0 Å². The van der Waals surface area contributed by atoms with Crippen molar-refractivity contribution in [3.8, 4) is 0 Å². The van der Waals surface area contributed by atoms with E-state index in [4.69, 9.17) is 14.2 Å². The molecular formula is C17H34N2O5. The summed E-state index contributed by atoms with van der Waals surface area (Å²) in [5.74, 6) is 0. The van der Waals surface area contributed by atoms with Crippen molar-refractivity contribution in [1.82, 2.24) is 10.6 Å². The highest BCUT2D eigenvalue weighted by molar-refractivity contribution is 5.68. The van der Waals surface area contributed by atoms with Gasteiger partial charge in [-0.15, -0.1) is 0 Å². The molecule has 0 heterocycles. The number of carbonyl (C=O) groups excluding carboxylic acids is 2. The Labute approximate surface area is 145 Å². The second-order valence-corrected chi connectivity index (χ2v) is 7.72. The molecule has 0 aliphatic heterocycles. The van der Waals surface area contributed by atoms with Crippen LogP contribution in [0.15, 0.2) is 0 Å². The van der Waals surface area contributed by atoms with Crippen LogP contribution in [0.25, 0.3) is 0 Å². The lowest BCUT2D eigenvalue weighted by Gasteiger charge is -2.23. The molecule has 0 aromatic carbocycles. The summed E-state index contributed by atoms with van der Waals surface area (Å²) in [6, 6.07) is -0.119. The molecule has 0 bridgehead atoms. The molecule has 0 unspecified atom stereocenters. The predicted octanol–water partition coefficient (Wildman–Crippen LogP) is 3.22. The third-order valence-electron chi connectivity index (χ3n) is 2.74. The number of rotatable bonds is 8. The van der Waals surface area contributed by atoms with Crippen LogP contribution >= 0.6 is 0 Å². The zero-order chi connectivity index (χ0) is 18.8. The van der Waals surface area contributed by atoms with E-state index in [0.29, 0.717) is 13.2 Å². The first-order valence-corrected chi connectivity index (χ1v) is 8.38. The summed E-state index contributed by atoms with van der Waals surface area (Å²) in [5, 5.41) is 5.52. The molecule has 0 aromatic rings. The summed E-state index contributed by atoms with van der Waals surface area (Å²) in [7, 11) is 1.59. The zero-order valence-corrected chi connectivity index (χ0v) is 16.2. The number of ether oxygens (including phenoxy) is 3. The molecule has 0 aliphatic rings. The Morgan fingerprint density at radius 2 is 1.46 bits per heavy atom. The summed E-state index contributed by atoms with van der Waals surface area (Å²) in [6.07, 6.45) is 1.50. The van der Waals surface area contributed by atoms with Gasteiger partial charge in [0.1, 0.15) is 11.2 Å². The van der Waals surface area contributed by atoms with Gasteiger partial charge in [-0.05, 0) is 60.8 Å². The first kappa shape index (κ1) is 22.5. The monoisotopic (exact) mass is 346 g/mol. The highest BCUT2D eigenvalue weighted by Gasteiger charge is 2.19. The van der Waals surface area contributed by atoms with Crippen LogP contribution in [-0.4, -0.2) is 49.7 Å². The lowest BCUT2D eigenvalue weighted by atomic mass is 10.1. The molecule has 0 spiro atoms. The molecule has 0 rings (SSSR count). The van der Waals surface area contributed by atoms with E-state index in [-0.39, 0.29) is 6.04 Å². The Balaban J connectivity index is 4.01. The first-order valence-electron chi connectivity index (χ1n) is 8.38. The van der Waals surface area contributed by atoms with Crippen LogP contribution in [0, 0.1) is 0 Å². The van der Waals surface area contributed by atoms with Crippen LogP contribution < -0.4 is 10.6 Å². The minimum atomic E-state index is -0.529. The average molecular weight is 346 g/mol. The van der Waals surface area contributed by atoms with E-state index >= 15 is 0 Å². The average Bonchev–Trinajstić information content (AvgIpc) is 2.33. The molecule has 1 atom stereocenters. The fourth-order valence-corrected chi connectivity index (χ4v) is 1.89. The number of methoxy groups -OCH3 is 1. The van der Waals surface area contributed by atoms with Crippen molar-refractivity contribution in [2.45, 2.75) is 78.0 Å². The Bertz CT molecular complexity index is 385. The van der Waals surface area contributed by atoms with Gasteiger partial charge in [-0.25, -0.2) is 9.59 Å². The molecule has 24 heavy (non-hydrogen) atoms. The second-order valence-electron chi connectivity index (χ2n) is 7.72. The maximum Gasteiger partial charge on any atom is 0.407 e. The molecule has 0 aliphatic carbocycles. The molecule has 7 heteroatoms. The Kier molecular flexibility index (Phi) is 9.73. The van der Waals surface area contributed by atoms with Crippen molar-refractivity contribution in [3.63, 3.8) is 0 Å². The maximum atomic E-state index is 11.8. The van der Waals surface area contributed by atoms with Gasteiger partial charge in [-0.3, -0.25) is 0 Å². The summed E-state index contributed by atoms with van der Waals surface area (Å²) in [6.45, 7) is 11.9. The molecule has 0 fully saturated rings. The fraction of sp³-hybridized carbons (Fsp3) is 0.882. The Morgan fingerprint density at radius 1 is 0.917 bits per heavy atom. The zero-order valence-electron chi connectivity index (χ0n) is 16.2. The standard InChI is InChI=1S/C17H34N2O5/c1-16(2,3)23-14(20)18-11-9-8-10-13(12-22-7)19-15(21)24-17(4,5)6/h13H,8-12H2,1-7H3,(H,18,20)(H,19,21)/t13-/m0/s1. The highest BCUT2D eigenvalue weighted by Crippen LogP contribution is 2.09. The number of hydrogen-bond donors (Lipinski definition) is 2. The van der Waals surface area contributed by atoms with Gasteiger partial charge < -0.3 is 24.8 Å². The molecule has 0 saturated carbocycles. The molecule has 7 nitrogen and oxygen atoms in total. The van der Waals surface area contributed by atoms with Crippen LogP contribution in [0.5, 0.6) is 0 Å². The minimum absolute atomic E-state index is 0.119. The van der Waals surface area contributed by atoms with Gasteiger partial charge in [0.05, 0.1) is 12.6 Å². The summed E-state index contributed by atoms with van der Waals surface area (Å²) in [5.41, 5.74) is -1.02. The second kappa shape index (κ2) is 10.4. The quantitative estimate of drug-likeness (QED) is 0.659. The molecule has 142 valence electrons. The van der Waals surface area contributed by atoms with Crippen molar-refractivity contribution >= 4 is 12.2 Å². The predicted molar refractivity (Wildman–Crippen MR) is 93.1 cm³/mol. The molecule has 0 saturated heterocycles. The summed E-state index contributed by atoms with van der Waals surface area (Å²) >= 11 is 0. The SMILES string of the molecule is COC[C@H](CCCCNC(=O)OC(C)(C)C)NC(=O)OC(C)(C)C. The lowest BCUT2D eigenvalue weighted by molar-refractivity contribution is 0.0463. The van der Waals surface area contributed by atoms with Gasteiger partial charge >= 0.3 is 12.2 Å². The van der Waals surface area contributed by atoms with Gasteiger partial charge in [-0.1, -0.05) is 0 Å². The summed E-state index contributed by atoms with van der Waals surface area (Å²) < 4.78 is 15.5. The van der Waals surface area contributed by atoms with Gasteiger partial charge in [0.2, 0.25) is 0 Å². The van der Waals surface area contributed by atoms with Gasteiger partial charge in [0.15, 0.2) is 0 Å². The molecule has 2 N–H and O–H groups in total. The van der Waals surface area contributed by atoms with Crippen LogP contribution in [0.4, 0.5) is 9.59 Å². The van der Waals surface area contributed by atoms with Crippen LogP contribution in [0.1, 0.15) is 60.8 Å². The Hall–Kier alpha value is -1.50. The number of carbonyl (C=O) groups is 2. The van der Waals surface area contributed by atoms with Gasteiger partial charge in [0.25, 0.3) is 0 Å². The smallest absolute Gasteiger partial charge is 0.407 e. The fourth-order valence-electron chi connectivity index (χ4n) is 1.89. The Morgan fingerprint density at radius 3 is 1.96 bits per heavy atom. The topological polar surface area (TPSA) is 85.9 Å². The van der Waals surface area contributed by atoms with E-state index in [2.05, 4.69) is 10.6 Å². The molecule has 0 aromatic heterocycles. The molecule has 2 amide bonds. The molecular weight excluding hydrogens is 312 g/mol. The molecule has 0 radical (unpaired) electrons. The van der Waals surface area contributed by atoms with Crippen LogP contribution in [0.2, 0.25) is 0 Å². The van der Waals surface area contributed by atoms with Crippen LogP contribution in [-0.2, 0) is 14.2 Å². The van der Waals surface area contributed by atoms with E-state index in [1.165, 1.54) is 0 Å². The lowest BCUT2D eigenvalue weighted by Crippen LogP contribution is -2.41. The normalized spacial score (nSPS) is 13.1. The minimum Gasteiger partial charge on any atom is -0.444 e.